The van der Waals surface area contributed by atoms with Crippen molar-refractivity contribution in [3.05, 3.63) is 4.60 Å². The number of aromatic nitrogens is 3. The lowest BCUT2D eigenvalue weighted by atomic mass is 10.2. The summed E-state index contributed by atoms with van der Waals surface area (Å²) < 4.78 is 27.8. The minimum absolute atomic E-state index is 0.0191. The third-order valence-corrected chi connectivity index (χ3v) is 5.89. The van der Waals surface area contributed by atoms with Gasteiger partial charge in [-0.1, -0.05) is 17.4 Å². The lowest BCUT2D eigenvalue weighted by Gasteiger charge is -2.22. The third-order valence-electron chi connectivity index (χ3n) is 2.82. The van der Waals surface area contributed by atoms with Gasteiger partial charge in [0.15, 0.2) is 4.60 Å². The maximum atomic E-state index is 12.5. The Bertz CT molecular complexity index is 565. The third kappa shape index (κ3) is 2.17. The summed E-state index contributed by atoms with van der Waals surface area (Å²) in [6, 6.07) is -0.424. The molecule has 0 aromatic carbocycles. The van der Waals surface area contributed by atoms with E-state index in [0.29, 0.717) is 13.0 Å². The standard InChI is InChI=1S/C8H12BrN5O2S2/c1-13-8(6(9)11-12-13)18(15,16)14-4-2-3-5(14)7(10)17/h5H,2-4H2,1H3,(H2,10,17). The molecule has 0 saturated carbocycles. The van der Waals surface area contributed by atoms with E-state index >= 15 is 0 Å². The highest BCUT2D eigenvalue weighted by Crippen LogP contribution is 2.28. The van der Waals surface area contributed by atoms with E-state index in [1.165, 1.54) is 16.0 Å². The number of hydrogen-bond donors (Lipinski definition) is 1. The van der Waals surface area contributed by atoms with Crippen molar-refractivity contribution in [2.75, 3.05) is 6.54 Å². The Labute approximate surface area is 118 Å². The molecule has 2 heterocycles. The molecular formula is C8H12BrN5O2S2. The molecule has 10 heteroatoms. The first-order valence-corrected chi connectivity index (χ1v) is 7.86. The topological polar surface area (TPSA) is 94.1 Å². The SMILES string of the molecule is Cn1nnc(Br)c1S(=O)(=O)N1CCCC1C(N)=S. The molecule has 0 radical (unpaired) electrons. The lowest BCUT2D eigenvalue weighted by Crippen LogP contribution is -2.43. The summed E-state index contributed by atoms with van der Waals surface area (Å²) in [7, 11) is -2.17. The summed E-state index contributed by atoms with van der Waals surface area (Å²) in [6.45, 7) is 0.405. The van der Waals surface area contributed by atoms with Gasteiger partial charge in [-0.15, -0.1) is 5.10 Å². The van der Waals surface area contributed by atoms with Gasteiger partial charge in [0.2, 0.25) is 5.03 Å². The van der Waals surface area contributed by atoms with Crippen LogP contribution in [-0.4, -0.2) is 45.3 Å². The Morgan fingerprint density at radius 3 is 2.78 bits per heavy atom. The maximum Gasteiger partial charge on any atom is 0.263 e. The van der Waals surface area contributed by atoms with Gasteiger partial charge in [-0.05, 0) is 28.8 Å². The number of nitrogens with two attached hydrogens (primary N) is 1. The molecular weight excluding hydrogens is 342 g/mol. The molecule has 1 aliphatic rings. The minimum atomic E-state index is -3.69. The number of hydrogen-bond acceptors (Lipinski definition) is 5. The monoisotopic (exact) mass is 353 g/mol. The van der Waals surface area contributed by atoms with Crippen molar-refractivity contribution in [3.8, 4) is 0 Å². The second kappa shape index (κ2) is 4.83. The first-order chi connectivity index (χ1) is 8.35. The van der Waals surface area contributed by atoms with Crippen LogP contribution in [0.2, 0.25) is 0 Å². The van der Waals surface area contributed by atoms with Crippen LogP contribution in [-0.2, 0) is 17.1 Å². The normalized spacial score (nSPS) is 21.3. The van der Waals surface area contributed by atoms with Gasteiger partial charge in [-0.3, -0.25) is 0 Å². The Kier molecular flexibility index (Phi) is 3.72. The predicted octanol–water partition coefficient (Wildman–Crippen LogP) is 0.0168. The molecule has 18 heavy (non-hydrogen) atoms. The van der Waals surface area contributed by atoms with Crippen LogP contribution in [0.25, 0.3) is 0 Å². The minimum Gasteiger partial charge on any atom is -0.392 e. The number of aryl methyl sites for hydroxylation is 1. The van der Waals surface area contributed by atoms with Crippen molar-refractivity contribution in [1.29, 1.82) is 0 Å². The fourth-order valence-electron chi connectivity index (χ4n) is 2.02. The van der Waals surface area contributed by atoms with E-state index < -0.39 is 16.1 Å². The van der Waals surface area contributed by atoms with Crippen LogP contribution in [0.15, 0.2) is 9.63 Å². The maximum absolute atomic E-state index is 12.5. The van der Waals surface area contributed by atoms with Crippen molar-refractivity contribution in [2.24, 2.45) is 12.8 Å². The second-order valence-electron chi connectivity index (χ2n) is 3.99. The van der Waals surface area contributed by atoms with E-state index in [2.05, 4.69) is 26.2 Å². The van der Waals surface area contributed by atoms with Crippen molar-refractivity contribution in [2.45, 2.75) is 23.9 Å². The Morgan fingerprint density at radius 2 is 2.28 bits per heavy atom. The number of nitrogens with zero attached hydrogens (tertiary/aromatic N) is 4. The molecule has 0 amide bonds. The van der Waals surface area contributed by atoms with E-state index in [-0.39, 0.29) is 14.6 Å². The van der Waals surface area contributed by atoms with Crippen LogP contribution in [0.1, 0.15) is 12.8 Å². The quantitative estimate of drug-likeness (QED) is 0.769. The molecule has 1 aliphatic heterocycles. The molecule has 2 rings (SSSR count). The van der Waals surface area contributed by atoms with E-state index in [1.54, 1.807) is 0 Å². The van der Waals surface area contributed by atoms with Gasteiger partial charge in [0.25, 0.3) is 10.0 Å². The van der Waals surface area contributed by atoms with Gasteiger partial charge in [0.05, 0.1) is 11.0 Å². The highest BCUT2D eigenvalue weighted by molar-refractivity contribution is 9.10. The van der Waals surface area contributed by atoms with Crippen molar-refractivity contribution in [3.63, 3.8) is 0 Å². The van der Waals surface area contributed by atoms with Crippen LogP contribution >= 0.6 is 28.1 Å². The van der Waals surface area contributed by atoms with Crippen molar-refractivity contribution < 1.29 is 8.42 Å². The van der Waals surface area contributed by atoms with Gasteiger partial charge in [0.1, 0.15) is 0 Å². The van der Waals surface area contributed by atoms with Gasteiger partial charge >= 0.3 is 0 Å². The summed E-state index contributed by atoms with van der Waals surface area (Å²) in [5.74, 6) is 0. The van der Waals surface area contributed by atoms with Crippen molar-refractivity contribution >= 4 is 43.2 Å². The highest BCUT2D eigenvalue weighted by Gasteiger charge is 2.39. The van der Waals surface area contributed by atoms with Gasteiger partial charge in [0, 0.05) is 13.6 Å². The molecule has 0 bridgehead atoms. The molecule has 100 valence electrons. The first-order valence-electron chi connectivity index (χ1n) is 5.22. The van der Waals surface area contributed by atoms with Crippen LogP contribution in [0.3, 0.4) is 0 Å². The Balaban J connectivity index is 2.46. The highest BCUT2D eigenvalue weighted by atomic mass is 79.9. The molecule has 0 spiro atoms. The number of sulfonamides is 1. The molecule has 1 aromatic heterocycles. The average Bonchev–Trinajstić information content (AvgIpc) is 2.85. The molecule has 1 unspecified atom stereocenters. The van der Waals surface area contributed by atoms with Crippen LogP contribution in [0.5, 0.6) is 0 Å². The van der Waals surface area contributed by atoms with Crippen LogP contribution in [0, 0.1) is 0 Å². The zero-order valence-corrected chi connectivity index (χ0v) is 12.8. The molecule has 1 atom stereocenters. The zero-order valence-electron chi connectivity index (χ0n) is 9.58. The molecule has 1 fully saturated rings. The van der Waals surface area contributed by atoms with E-state index in [4.69, 9.17) is 18.0 Å². The fourth-order valence-corrected chi connectivity index (χ4v) is 5.04. The molecule has 0 aliphatic carbocycles. The molecule has 7 nitrogen and oxygen atoms in total. The van der Waals surface area contributed by atoms with Gasteiger partial charge < -0.3 is 5.73 Å². The van der Waals surface area contributed by atoms with Crippen molar-refractivity contribution in [1.82, 2.24) is 19.3 Å². The van der Waals surface area contributed by atoms with E-state index in [1.807, 2.05) is 0 Å². The zero-order chi connectivity index (χ0) is 13.5. The Hall–Kier alpha value is -0.580. The van der Waals surface area contributed by atoms with Crippen LogP contribution < -0.4 is 5.73 Å². The number of thiocarbonyl (C=S) groups is 1. The predicted molar refractivity (Wildman–Crippen MR) is 72.4 cm³/mol. The van der Waals surface area contributed by atoms with Crippen LogP contribution in [0.4, 0.5) is 0 Å². The smallest absolute Gasteiger partial charge is 0.263 e. The second-order valence-corrected chi connectivity index (χ2v) is 7.01. The summed E-state index contributed by atoms with van der Waals surface area (Å²) in [5.41, 5.74) is 5.59. The summed E-state index contributed by atoms with van der Waals surface area (Å²) in [4.78, 5) is 0.197. The van der Waals surface area contributed by atoms with Gasteiger partial charge in [-0.25, -0.2) is 13.1 Å². The van der Waals surface area contributed by atoms with E-state index in [0.717, 1.165) is 6.42 Å². The summed E-state index contributed by atoms with van der Waals surface area (Å²) >= 11 is 8.01. The summed E-state index contributed by atoms with van der Waals surface area (Å²) in [5, 5.41) is 7.38. The largest absolute Gasteiger partial charge is 0.392 e. The number of halogens is 1. The fraction of sp³-hybridized carbons (Fsp3) is 0.625. The van der Waals surface area contributed by atoms with E-state index in [9.17, 15) is 8.42 Å². The first kappa shape index (κ1) is 13.8. The number of rotatable bonds is 3. The summed E-state index contributed by atoms with van der Waals surface area (Å²) in [6.07, 6.45) is 1.39. The molecule has 1 aromatic rings. The van der Waals surface area contributed by atoms with Gasteiger partial charge in [-0.2, -0.15) is 4.31 Å². The lowest BCUT2D eigenvalue weighted by molar-refractivity contribution is 0.438. The molecule has 2 N–H and O–H groups in total. The Morgan fingerprint density at radius 1 is 1.61 bits per heavy atom. The average molecular weight is 354 g/mol. The molecule has 1 saturated heterocycles.